The van der Waals surface area contributed by atoms with Gasteiger partial charge in [-0.15, -0.1) is 0 Å². The summed E-state index contributed by atoms with van der Waals surface area (Å²) in [6, 6.07) is 0. The van der Waals surface area contributed by atoms with Gasteiger partial charge < -0.3 is 15.2 Å². The number of hydrogen-bond acceptors (Lipinski definition) is 3. The first-order valence-corrected chi connectivity index (χ1v) is 7.78. The van der Waals surface area contributed by atoms with Gasteiger partial charge in [-0.1, -0.05) is 27.7 Å². The van der Waals surface area contributed by atoms with Crippen LogP contribution in [0.15, 0.2) is 0 Å². The van der Waals surface area contributed by atoms with Crippen LogP contribution in [0, 0.1) is 11.3 Å². The minimum atomic E-state index is -0.884. The van der Waals surface area contributed by atoms with Crippen LogP contribution in [0.2, 0.25) is 0 Å². The molecular formula is C16H31NO3. The molecule has 0 saturated heterocycles. The van der Waals surface area contributed by atoms with E-state index in [1.54, 1.807) is 6.92 Å². The Morgan fingerprint density at radius 3 is 2.60 bits per heavy atom. The molecule has 0 amide bonds. The Morgan fingerprint density at radius 2 is 2.10 bits per heavy atom. The molecule has 0 heterocycles. The van der Waals surface area contributed by atoms with Gasteiger partial charge in [-0.2, -0.15) is 0 Å². The lowest BCUT2D eigenvalue weighted by atomic mass is 9.71. The Kier molecular flexibility index (Phi) is 6.02. The fraction of sp³-hybridized carbons (Fsp3) is 0.938. The lowest BCUT2D eigenvalue weighted by Crippen LogP contribution is -2.50. The van der Waals surface area contributed by atoms with E-state index in [0.717, 1.165) is 12.8 Å². The predicted octanol–water partition coefficient (Wildman–Crippen LogP) is 3.06. The second-order valence-corrected chi connectivity index (χ2v) is 7.32. The summed E-state index contributed by atoms with van der Waals surface area (Å²) in [6.45, 7) is 11.7. The molecule has 2 N–H and O–H groups in total. The number of aliphatic carboxylic acids is 1. The zero-order valence-electron chi connectivity index (χ0n) is 13.7. The van der Waals surface area contributed by atoms with Crippen LogP contribution in [0.3, 0.4) is 0 Å². The standard InChI is InChI=1S/C16H31NO3/c1-6-17-16(5,14(18)19)7-8-20-13-9-12(2)10-15(3,4)11-13/h12-13,17H,6-11H2,1-5H3,(H,18,19). The van der Waals surface area contributed by atoms with Crippen molar-refractivity contribution in [3.63, 3.8) is 0 Å². The molecule has 20 heavy (non-hydrogen) atoms. The van der Waals surface area contributed by atoms with E-state index in [1.165, 1.54) is 6.42 Å². The van der Waals surface area contributed by atoms with Crippen LogP contribution in [-0.4, -0.2) is 35.9 Å². The predicted molar refractivity (Wildman–Crippen MR) is 80.9 cm³/mol. The molecule has 4 nitrogen and oxygen atoms in total. The lowest BCUT2D eigenvalue weighted by molar-refractivity contribution is -0.145. The number of nitrogens with one attached hydrogen (secondary N) is 1. The molecule has 118 valence electrons. The van der Waals surface area contributed by atoms with Gasteiger partial charge in [0.15, 0.2) is 0 Å². The van der Waals surface area contributed by atoms with E-state index in [0.29, 0.717) is 30.9 Å². The minimum Gasteiger partial charge on any atom is -0.480 e. The third-order valence-corrected chi connectivity index (χ3v) is 4.34. The maximum Gasteiger partial charge on any atom is 0.323 e. The molecule has 0 bridgehead atoms. The molecule has 1 saturated carbocycles. The Morgan fingerprint density at radius 1 is 1.45 bits per heavy atom. The highest BCUT2D eigenvalue weighted by Crippen LogP contribution is 2.39. The number of rotatable bonds is 7. The Bertz CT molecular complexity index is 330. The van der Waals surface area contributed by atoms with Crippen molar-refractivity contribution in [2.45, 2.75) is 71.9 Å². The molecule has 3 atom stereocenters. The van der Waals surface area contributed by atoms with Gasteiger partial charge in [0.05, 0.1) is 6.10 Å². The van der Waals surface area contributed by atoms with Crippen LogP contribution in [0.4, 0.5) is 0 Å². The highest BCUT2D eigenvalue weighted by Gasteiger charge is 2.34. The molecule has 1 aliphatic carbocycles. The quantitative estimate of drug-likeness (QED) is 0.755. The van der Waals surface area contributed by atoms with Crippen molar-refractivity contribution in [3.8, 4) is 0 Å². The monoisotopic (exact) mass is 285 g/mol. The fourth-order valence-corrected chi connectivity index (χ4v) is 3.48. The summed E-state index contributed by atoms with van der Waals surface area (Å²) in [7, 11) is 0. The van der Waals surface area contributed by atoms with Crippen LogP contribution in [-0.2, 0) is 9.53 Å². The molecule has 0 radical (unpaired) electrons. The zero-order chi connectivity index (χ0) is 15.4. The summed E-state index contributed by atoms with van der Waals surface area (Å²) in [4.78, 5) is 11.3. The first kappa shape index (κ1) is 17.4. The van der Waals surface area contributed by atoms with Gasteiger partial charge in [0.2, 0.25) is 0 Å². The minimum absolute atomic E-state index is 0.272. The second kappa shape index (κ2) is 6.90. The first-order valence-electron chi connectivity index (χ1n) is 7.78. The molecule has 0 aliphatic heterocycles. The second-order valence-electron chi connectivity index (χ2n) is 7.32. The molecule has 0 aromatic heterocycles. The lowest BCUT2D eigenvalue weighted by Gasteiger charge is -2.39. The topological polar surface area (TPSA) is 58.6 Å². The summed E-state index contributed by atoms with van der Waals surface area (Å²) in [5, 5.41) is 12.3. The smallest absolute Gasteiger partial charge is 0.323 e. The highest BCUT2D eigenvalue weighted by molar-refractivity contribution is 5.78. The molecule has 4 heteroatoms. The van der Waals surface area contributed by atoms with Crippen LogP contribution in [0.5, 0.6) is 0 Å². The average Bonchev–Trinajstić information content (AvgIpc) is 2.26. The van der Waals surface area contributed by atoms with Crippen molar-refractivity contribution in [3.05, 3.63) is 0 Å². The van der Waals surface area contributed by atoms with Gasteiger partial charge in [0.1, 0.15) is 5.54 Å². The van der Waals surface area contributed by atoms with Gasteiger partial charge >= 0.3 is 5.97 Å². The molecule has 1 aliphatic rings. The van der Waals surface area contributed by atoms with E-state index in [4.69, 9.17) is 4.74 Å². The zero-order valence-corrected chi connectivity index (χ0v) is 13.7. The van der Waals surface area contributed by atoms with Gasteiger partial charge in [-0.3, -0.25) is 4.79 Å². The molecular weight excluding hydrogens is 254 g/mol. The van der Waals surface area contributed by atoms with E-state index in [-0.39, 0.29) is 6.10 Å². The van der Waals surface area contributed by atoms with Crippen molar-refractivity contribution in [2.24, 2.45) is 11.3 Å². The molecule has 0 aromatic rings. The third-order valence-electron chi connectivity index (χ3n) is 4.34. The normalized spacial score (nSPS) is 28.9. The van der Waals surface area contributed by atoms with Crippen LogP contribution < -0.4 is 5.32 Å². The van der Waals surface area contributed by atoms with E-state index in [9.17, 15) is 9.90 Å². The summed E-state index contributed by atoms with van der Waals surface area (Å²) in [6.07, 6.45) is 4.18. The first-order chi connectivity index (χ1) is 9.18. The number of ether oxygens (including phenoxy) is 1. The van der Waals surface area contributed by atoms with E-state index in [1.807, 2.05) is 6.92 Å². The Balaban J connectivity index is 2.45. The average molecular weight is 285 g/mol. The number of likely N-dealkylation sites (N-methyl/N-ethyl adjacent to an activating group) is 1. The van der Waals surface area contributed by atoms with Crippen molar-refractivity contribution in [1.82, 2.24) is 5.32 Å². The number of hydrogen-bond donors (Lipinski definition) is 2. The van der Waals surface area contributed by atoms with Gasteiger partial charge in [-0.05, 0) is 50.5 Å². The largest absolute Gasteiger partial charge is 0.480 e. The fourth-order valence-electron chi connectivity index (χ4n) is 3.48. The number of carbonyl (C=O) groups is 1. The van der Waals surface area contributed by atoms with Gasteiger partial charge in [-0.25, -0.2) is 0 Å². The Labute approximate surface area is 123 Å². The van der Waals surface area contributed by atoms with Gasteiger partial charge in [0, 0.05) is 6.61 Å². The summed E-state index contributed by atoms with van der Waals surface area (Å²) in [5.74, 6) is -0.122. The molecule has 0 spiro atoms. The van der Waals surface area contributed by atoms with Crippen molar-refractivity contribution >= 4 is 5.97 Å². The van der Waals surface area contributed by atoms with Crippen molar-refractivity contribution in [1.29, 1.82) is 0 Å². The van der Waals surface area contributed by atoms with Crippen molar-refractivity contribution in [2.75, 3.05) is 13.2 Å². The summed E-state index contributed by atoms with van der Waals surface area (Å²) in [5.41, 5.74) is -0.551. The molecule has 0 aromatic carbocycles. The summed E-state index contributed by atoms with van der Waals surface area (Å²) >= 11 is 0. The van der Waals surface area contributed by atoms with Crippen LogP contribution in [0.25, 0.3) is 0 Å². The molecule has 1 fully saturated rings. The third kappa shape index (κ3) is 5.06. The van der Waals surface area contributed by atoms with Gasteiger partial charge in [0.25, 0.3) is 0 Å². The van der Waals surface area contributed by atoms with Crippen molar-refractivity contribution < 1.29 is 14.6 Å². The maximum absolute atomic E-state index is 11.3. The van der Waals surface area contributed by atoms with E-state index >= 15 is 0 Å². The maximum atomic E-state index is 11.3. The SMILES string of the molecule is CCNC(C)(CCOC1CC(C)CC(C)(C)C1)C(=O)O. The molecule has 1 rings (SSSR count). The molecule has 3 unspecified atom stereocenters. The van der Waals surface area contributed by atoms with E-state index in [2.05, 4.69) is 26.1 Å². The number of carboxylic acids is 1. The summed E-state index contributed by atoms with van der Waals surface area (Å²) < 4.78 is 5.98. The van der Waals surface area contributed by atoms with E-state index < -0.39 is 11.5 Å². The van der Waals surface area contributed by atoms with Crippen LogP contribution in [0.1, 0.15) is 60.3 Å². The highest BCUT2D eigenvalue weighted by atomic mass is 16.5. The number of carboxylic acid groups (broad SMARTS) is 1. The van der Waals surface area contributed by atoms with Crippen LogP contribution >= 0.6 is 0 Å². The Hall–Kier alpha value is -0.610.